The predicted molar refractivity (Wildman–Crippen MR) is 219 cm³/mol. The van der Waals surface area contributed by atoms with Gasteiger partial charge in [0.05, 0.1) is 37.3 Å². The molecule has 0 fully saturated rings. The minimum absolute atomic E-state index is 0.0664. The highest BCUT2D eigenvalue weighted by Crippen LogP contribution is 2.42. The Kier molecular flexibility index (Phi) is 4.84. The topological polar surface area (TPSA) is 9.86 Å². The fourth-order valence-corrected chi connectivity index (χ4v) is 8.81. The minimum atomic E-state index is -0.414. The maximum atomic E-state index is 9.91. The van der Waals surface area contributed by atoms with E-state index >= 15 is 0 Å². The Morgan fingerprint density at radius 2 is 1.08 bits per heavy atom. The van der Waals surface area contributed by atoms with Crippen molar-refractivity contribution in [2.75, 3.05) is 0 Å². The number of fused-ring (bicyclic) bond motifs is 9. The van der Waals surface area contributed by atoms with Gasteiger partial charge in [0.15, 0.2) is 0 Å². The Labute approximate surface area is 308 Å². The van der Waals surface area contributed by atoms with E-state index in [2.05, 4.69) is 47.0 Å². The Morgan fingerprint density at radius 1 is 0.412 bits per heavy atom. The van der Waals surface area contributed by atoms with Crippen LogP contribution in [-0.4, -0.2) is 9.13 Å². The largest absolute Gasteiger partial charge is 0.309 e. The SMILES string of the molecule is [2H]c1c([2H])c([2H])c2c(c1[2H])c1c([2H])c(-c3ccc4c(c3)c3cc(-c5ccccc5)ccc3n4-c3ccccc3)c([2H])c([2H])c1n2-c1cccc2sc3ccccc3c12. The van der Waals surface area contributed by atoms with Gasteiger partial charge < -0.3 is 9.13 Å². The number of nitrogens with zero attached hydrogens (tertiary/aromatic N) is 2. The van der Waals surface area contributed by atoms with E-state index in [1.807, 2.05) is 97.1 Å². The molecule has 51 heavy (non-hydrogen) atoms. The molecule has 0 N–H and O–H groups in total. The molecule has 0 amide bonds. The van der Waals surface area contributed by atoms with E-state index in [9.17, 15) is 6.85 Å². The van der Waals surface area contributed by atoms with Gasteiger partial charge in [0, 0.05) is 47.4 Å². The van der Waals surface area contributed by atoms with Crippen molar-refractivity contribution >= 4 is 75.1 Å². The molecule has 3 heterocycles. The second-order valence-corrected chi connectivity index (χ2v) is 13.9. The molecule has 0 aliphatic rings. The molecule has 0 saturated carbocycles. The van der Waals surface area contributed by atoms with E-state index in [-0.39, 0.29) is 57.6 Å². The van der Waals surface area contributed by atoms with E-state index < -0.39 is 12.1 Å². The summed E-state index contributed by atoms with van der Waals surface area (Å²) in [6.45, 7) is 0. The third kappa shape index (κ3) is 4.29. The zero-order valence-corrected chi connectivity index (χ0v) is 27.9. The molecule has 0 bridgehead atoms. The number of para-hydroxylation sites is 2. The zero-order chi connectivity index (χ0) is 39.6. The lowest BCUT2D eigenvalue weighted by Gasteiger charge is -2.11. The van der Waals surface area contributed by atoms with Crippen LogP contribution in [0, 0.1) is 0 Å². The molecule has 3 heteroatoms. The van der Waals surface area contributed by atoms with E-state index in [1.165, 1.54) is 0 Å². The van der Waals surface area contributed by atoms with Crippen LogP contribution in [0.2, 0.25) is 0 Å². The van der Waals surface area contributed by atoms with Gasteiger partial charge in [0.2, 0.25) is 0 Å². The molecule has 238 valence electrons. The first kappa shape index (κ1) is 22.3. The summed E-state index contributed by atoms with van der Waals surface area (Å²) < 4.78 is 71.1. The Hall–Kier alpha value is -6.42. The number of thiophene rings is 1. The minimum Gasteiger partial charge on any atom is -0.309 e. The second-order valence-electron chi connectivity index (χ2n) is 12.8. The van der Waals surface area contributed by atoms with Gasteiger partial charge >= 0.3 is 0 Å². The third-order valence-corrected chi connectivity index (χ3v) is 11.1. The Balaban J connectivity index is 1.25. The van der Waals surface area contributed by atoms with Crippen molar-refractivity contribution in [1.82, 2.24) is 9.13 Å². The van der Waals surface area contributed by atoms with Crippen molar-refractivity contribution < 1.29 is 9.60 Å². The Morgan fingerprint density at radius 3 is 1.88 bits per heavy atom. The number of benzene rings is 8. The molecule has 0 spiro atoms. The lowest BCUT2D eigenvalue weighted by molar-refractivity contribution is 1.18. The van der Waals surface area contributed by atoms with Crippen LogP contribution in [0.3, 0.4) is 0 Å². The molecular weight excluding hydrogens is 637 g/mol. The average molecular weight is 674 g/mol. The number of hydrogen-bond acceptors (Lipinski definition) is 1. The van der Waals surface area contributed by atoms with Gasteiger partial charge in [-0.1, -0.05) is 109 Å². The highest BCUT2D eigenvalue weighted by molar-refractivity contribution is 7.25. The number of rotatable bonds is 4. The first-order valence-corrected chi connectivity index (χ1v) is 17.7. The van der Waals surface area contributed by atoms with Gasteiger partial charge in [-0.25, -0.2) is 0 Å². The molecular formula is C48H30N2S. The number of aromatic nitrogens is 2. The first-order valence-electron chi connectivity index (χ1n) is 20.4. The summed E-state index contributed by atoms with van der Waals surface area (Å²) in [5, 5.41) is 4.15. The lowest BCUT2D eigenvalue weighted by Crippen LogP contribution is -1.94. The van der Waals surface area contributed by atoms with Crippen LogP contribution < -0.4 is 0 Å². The van der Waals surface area contributed by atoms with Gasteiger partial charge in [-0.2, -0.15) is 0 Å². The first-order chi connectivity index (χ1) is 28.2. The van der Waals surface area contributed by atoms with E-state index in [0.717, 1.165) is 58.8 Å². The molecule has 0 aliphatic heterocycles. The molecule has 11 aromatic rings. The monoisotopic (exact) mass is 673 g/mol. The van der Waals surface area contributed by atoms with Crippen LogP contribution in [0.15, 0.2) is 182 Å². The van der Waals surface area contributed by atoms with E-state index in [4.69, 9.17) is 2.74 Å². The normalized spacial score (nSPS) is 13.8. The molecule has 0 aliphatic carbocycles. The van der Waals surface area contributed by atoms with Crippen LogP contribution in [0.1, 0.15) is 9.60 Å². The fraction of sp³-hybridized carbons (Fsp3) is 0. The van der Waals surface area contributed by atoms with Gasteiger partial charge in [-0.05, 0) is 95.0 Å². The highest BCUT2D eigenvalue weighted by atomic mass is 32.1. The summed E-state index contributed by atoms with van der Waals surface area (Å²) in [5.74, 6) is 0. The van der Waals surface area contributed by atoms with Gasteiger partial charge in [-0.15, -0.1) is 11.3 Å². The molecule has 8 aromatic carbocycles. The summed E-state index contributed by atoms with van der Waals surface area (Å²) in [5.41, 5.74) is 6.89. The molecule has 0 saturated heterocycles. The standard InChI is InChI=1S/C48H30N2S/c1-3-12-31(13-4-1)32-22-25-42-39(28-32)40-30-34(23-26-43(40)49(42)35-14-5-2-6-15-35)33-24-27-44-38(29-33)36-16-7-9-18-41(36)50(44)45-19-11-21-47-48(45)37-17-8-10-20-46(37)51-47/h1-30H/i7D,9D,16D,18D,24D,27D,29D. The van der Waals surface area contributed by atoms with Crippen LogP contribution in [-0.2, 0) is 0 Å². The summed E-state index contributed by atoms with van der Waals surface area (Å²) in [7, 11) is 0. The van der Waals surface area contributed by atoms with Crippen molar-refractivity contribution in [3.63, 3.8) is 0 Å². The number of hydrogen-bond donors (Lipinski definition) is 0. The molecule has 2 nitrogen and oxygen atoms in total. The van der Waals surface area contributed by atoms with Gasteiger partial charge in [0.25, 0.3) is 0 Å². The summed E-state index contributed by atoms with van der Waals surface area (Å²) in [4.78, 5) is 0. The summed E-state index contributed by atoms with van der Waals surface area (Å²) >= 11 is 1.62. The molecule has 11 rings (SSSR count). The van der Waals surface area contributed by atoms with Crippen LogP contribution in [0.4, 0.5) is 0 Å². The van der Waals surface area contributed by atoms with E-state index in [0.29, 0.717) is 11.3 Å². The zero-order valence-electron chi connectivity index (χ0n) is 34.1. The maximum Gasteiger partial charge on any atom is 0.0645 e. The summed E-state index contributed by atoms with van der Waals surface area (Å²) in [6.07, 6.45) is 0. The van der Waals surface area contributed by atoms with Crippen molar-refractivity contribution in [3.05, 3.63) is 182 Å². The van der Waals surface area contributed by atoms with Gasteiger partial charge in [0.1, 0.15) is 0 Å². The Bertz CT molecular complexity index is 3530. The fourth-order valence-electron chi connectivity index (χ4n) is 7.69. The van der Waals surface area contributed by atoms with Crippen LogP contribution >= 0.6 is 11.3 Å². The third-order valence-electron chi connectivity index (χ3n) is 9.95. The lowest BCUT2D eigenvalue weighted by atomic mass is 9.99. The van der Waals surface area contributed by atoms with E-state index in [1.54, 1.807) is 15.9 Å². The second kappa shape index (κ2) is 11.0. The van der Waals surface area contributed by atoms with Crippen LogP contribution in [0.25, 0.3) is 97.4 Å². The van der Waals surface area contributed by atoms with Crippen molar-refractivity contribution in [3.8, 4) is 33.6 Å². The molecule has 0 unspecified atom stereocenters. The molecule has 0 atom stereocenters. The highest BCUT2D eigenvalue weighted by Gasteiger charge is 2.19. The molecule has 0 radical (unpaired) electrons. The summed E-state index contributed by atoms with van der Waals surface area (Å²) in [6, 6.07) is 44.8. The predicted octanol–water partition coefficient (Wildman–Crippen LogP) is 13.6. The van der Waals surface area contributed by atoms with Crippen LogP contribution in [0.5, 0.6) is 0 Å². The van der Waals surface area contributed by atoms with Crippen molar-refractivity contribution in [2.45, 2.75) is 0 Å². The van der Waals surface area contributed by atoms with Crippen molar-refractivity contribution in [2.24, 2.45) is 0 Å². The van der Waals surface area contributed by atoms with Crippen molar-refractivity contribution in [1.29, 1.82) is 0 Å². The maximum absolute atomic E-state index is 9.91. The quantitative estimate of drug-likeness (QED) is 0.176. The smallest absolute Gasteiger partial charge is 0.0645 e. The molecule has 3 aromatic heterocycles. The average Bonchev–Trinajstić information content (AvgIpc) is 3.93. The van der Waals surface area contributed by atoms with Gasteiger partial charge in [-0.3, -0.25) is 0 Å².